The second-order valence-corrected chi connectivity index (χ2v) is 6.30. The van der Waals surface area contributed by atoms with Crippen LogP contribution in [0.2, 0.25) is 0 Å². The van der Waals surface area contributed by atoms with Gasteiger partial charge in [0, 0.05) is 37.6 Å². The molecule has 2 amide bonds. The number of pyridine rings is 1. The van der Waals surface area contributed by atoms with Crippen molar-refractivity contribution < 1.29 is 9.53 Å². The van der Waals surface area contributed by atoms with E-state index in [4.69, 9.17) is 4.74 Å². The molecule has 0 aliphatic carbocycles. The summed E-state index contributed by atoms with van der Waals surface area (Å²) in [7, 11) is 0. The fourth-order valence-electron chi connectivity index (χ4n) is 3.10. The minimum Gasteiger partial charge on any atom is -0.478 e. The molecular formula is C18H25N5O2. The van der Waals surface area contributed by atoms with Gasteiger partial charge in [-0.1, -0.05) is 6.07 Å². The number of rotatable bonds is 5. The molecule has 1 N–H and O–H groups in total. The Balaban J connectivity index is 1.58. The van der Waals surface area contributed by atoms with E-state index in [1.54, 1.807) is 6.20 Å². The number of carbonyl (C=O) groups is 1. The third kappa shape index (κ3) is 4.29. The van der Waals surface area contributed by atoms with Crippen molar-refractivity contribution in [2.24, 2.45) is 0 Å². The molecule has 2 aromatic heterocycles. The molecule has 1 aliphatic rings. The molecule has 7 heteroatoms. The standard InChI is InChI=1S/C18H25N5O2/c1-3-25-17-15(6-4-8-19-17)11-20-18(24)22-9-5-7-16(13-22)23-12-14(2)10-21-23/h4,6,8,10,12,16H,3,5,7,9,11,13H2,1-2H3,(H,20,24)/t16-/m1/s1. The van der Waals surface area contributed by atoms with Crippen LogP contribution < -0.4 is 10.1 Å². The van der Waals surface area contributed by atoms with Gasteiger partial charge in [0.2, 0.25) is 5.88 Å². The van der Waals surface area contributed by atoms with Gasteiger partial charge in [0.1, 0.15) is 0 Å². The van der Waals surface area contributed by atoms with Crippen LogP contribution in [0.3, 0.4) is 0 Å². The van der Waals surface area contributed by atoms with Crippen molar-refractivity contribution in [2.45, 2.75) is 39.3 Å². The highest BCUT2D eigenvalue weighted by Crippen LogP contribution is 2.21. The fourth-order valence-corrected chi connectivity index (χ4v) is 3.10. The van der Waals surface area contributed by atoms with E-state index in [2.05, 4.69) is 15.4 Å². The number of ether oxygens (including phenoxy) is 1. The summed E-state index contributed by atoms with van der Waals surface area (Å²) in [5.41, 5.74) is 2.02. The van der Waals surface area contributed by atoms with Crippen molar-refractivity contribution in [2.75, 3.05) is 19.7 Å². The summed E-state index contributed by atoms with van der Waals surface area (Å²) >= 11 is 0. The first-order chi connectivity index (χ1) is 12.2. The quantitative estimate of drug-likeness (QED) is 0.905. The van der Waals surface area contributed by atoms with Crippen LogP contribution >= 0.6 is 0 Å². The minimum atomic E-state index is -0.0557. The zero-order valence-corrected chi connectivity index (χ0v) is 14.8. The maximum Gasteiger partial charge on any atom is 0.317 e. The summed E-state index contributed by atoms with van der Waals surface area (Å²) in [6, 6.07) is 3.95. The normalized spacial score (nSPS) is 17.4. The van der Waals surface area contributed by atoms with Crippen LogP contribution in [0.15, 0.2) is 30.7 Å². The number of aryl methyl sites for hydroxylation is 1. The number of carbonyl (C=O) groups excluding carboxylic acids is 1. The van der Waals surface area contributed by atoms with E-state index in [9.17, 15) is 4.79 Å². The van der Waals surface area contributed by atoms with Crippen molar-refractivity contribution >= 4 is 6.03 Å². The molecule has 7 nitrogen and oxygen atoms in total. The number of piperidine rings is 1. The molecule has 2 aromatic rings. The molecule has 3 heterocycles. The maximum atomic E-state index is 12.5. The minimum absolute atomic E-state index is 0.0557. The van der Waals surface area contributed by atoms with Crippen molar-refractivity contribution in [3.8, 4) is 5.88 Å². The number of hydrogen-bond acceptors (Lipinski definition) is 4. The SMILES string of the molecule is CCOc1ncccc1CNC(=O)N1CCC[C@@H](n2cc(C)cn2)C1. The molecule has 3 rings (SSSR count). The molecule has 134 valence electrons. The average molecular weight is 343 g/mol. The first-order valence-electron chi connectivity index (χ1n) is 8.77. The van der Waals surface area contributed by atoms with Gasteiger partial charge in [-0.3, -0.25) is 4.68 Å². The molecule has 1 saturated heterocycles. The third-order valence-corrected chi connectivity index (χ3v) is 4.35. The Morgan fingerprint density at radius 3 is 3.12 bits per heavy atom. The zero-order valence-electron chi connectivity index (χ0n) is 14.8. The lowest BCUT2D eigenvalue weighted by molar-refractivity contribution is 0.163. The maximum absolute atomic E-state index is 12.5. The second kappa shape index (κ2) is 8.00. The number of likely N-dealkylation sites (tertiary alicyclic amines) is 1. The predicted octanol–water partition coefficient (Wildman–Crippen LogP) is 2.53. The van der Waals surface area contributed by atoms with Gasteiger partial charge in [0.25, 0.3) is 0 Å². The smallest absolute Gasteiger partial charge is 0.317 e. The number of aromatic nitrogens is 3. The molecule has 1 fully saturated rings. The van der Waals surface area contributed by atoms with Gasteiger partial charge in [-0.2, -0.15) is 5.10 Å². The van der Waals surface area contributed by atoms with Gasteiger partial charge in [0.15, 0.2) is 0 Å². The summed E-state index contributed by atoms with van der Waals surface area (Å²) in [4.78, 5) is 18.6. The van der Waals surface area contributed by atoms with E-state index in [1.165, 1.54) is 0 Å². The van der Waals surface area contributed by atoms with Crippen molar-refractivity contribution in [1.82, 2.24) is 25.0 Å². The lowest BCUT2D eigenvalue weighted by atomic mass is 10.1. The summed E-state index contributed by atoms with van der Waals surface area (Å²) < 4.78 is 7.48. The predicted molar refractivity (Wildman–Crippen MR) is 94.4 cm³/mol. The van der Waals surface area contributed by atoms with Gasteiger partial charge in [-0.25, -0.2) is 9.78 Å². The molecule has 0 spiro atoms. The Morgan fingerprint density at radius 1 is 1.48 bits per heavy atom. The van der Waals surface area contributed by atoms with Gasteiger partial charge < -0.3 is 15.0 Å². The van der Waals surface area contributed by atoms with E-state index in [1.807, 2.05) is 48.0 Å². The van der Waals surface area contributed by atoms with Crippen LogP contribution in [-0.4, -0.2) is 45.4 Å². The van der Waals surface area contributed by atoms with Gasteiger partial charge in [-0.05, 0) is 38.3 Å². The highest BCUT2D eigenvalue weighted by Gasteiger charge is 2.25. The fraction of sp³-hybridized carbons (Fsp3) is 0.500. The molecule has 1 atom stereocenters. The van der Waals surface area contributed by atoms with Crippen molar-refractivity contribution in [3.63, 3.8) is 0 Å². The second-order valence-electron chi connectivity index (χ2n) is 6.30. The van der Waals surface area contributed by atoms with Crippen molar-refractivity contribution in [1.29, 1.82) is 0 Å². The largest absolute Gasteiger partial charge is 0.478 e. The Bertz CT molecular complexity index is 715. The van der Waals surface area contributed by atoms with Crippen LogP contribution in [0.25, 0.3) is 0 Å². The van der Waals surface area contributed by atoms with Crippen LogP contribution in [0.4, 0.5) is 4.79 Å². The highest BCUT2D eigenvalue weighted by atomic mass is 16.5. The monoisotopic (exact) mass is 343 g/mol. The summed E-state index contributed by atoms with van der Waals surface area (Å²) in [6.07, 6.45) is 7.61. The highest BCUT2D eigenvalue weighted by molar-refractivity contribution is 5.74. The van der Waals surface area contributed by atoms with Crippen LogP contribution in [0.5, 0.6) is 5.88 Å². The van der Waals surface area contributed by atoms with Crippen LogP contribution in [-0.2, 0) is 6.54 Å². The number of nitrogens with zero attached hydrogens (tertiary/aromatic N) is 4. The van der Waals surface area contributed by atoms with E-state index in [0.717, 1.165) is 30.5 Å². The Kier molecular flexibility index (Phi) is 5.53. The van der Waals surface area contributed by atoms with E-state index < -0.39 is 0 Å². The number of hydrogen-bond donors (Lipinski definition) is 1. The molecular weight excluding hydrogens is 318 g/mol. The molecule has 25 heavy (non-hydrogen) atoms. The molecule has 0 saturated carbocycles. The van der Waals surface area contributed by atoms with Gasteiger partial charge in [0.05, 0.1) is 18.8 Å². The average Bonchev–Trinajstić information content (AvgIpc) is 3.07. The first-order valence-corrected chi connectivity index (χ1v) is 8.77. The summed E-state index contributed by atoms with van der Waals surface area (Å²) in [6.45, 7) is 6.36. The topological polar surface area (TPSA) is 72.3 Å². The van der Waals surface area contributed by atoms with Crippen LogP contribution in [0.1, 0.15) is 36.9 Å². The Labute approximate surface area is 148 Å². The van der Waals surface area contributed by atoms with E-state index >= 15 is 0 Å². The molecule has 0 bridgehead atoms. The van der Waals surface area contributed by atoms with E-state index in [-0.39, 0.29) is 12.1 Å². The molecule has 1 aliphatic heterocycles. The van der Waals surface area contributed by atoms with E-state index in [0.29, 0.717) is 25.6 Å². The molecule has 0 unspecified atom stereocenters. The van der Waals surface area contributed by atoms with Gasteiger partial charge >= 0.3 is 6.03 Å². The third-order valence-electron chi connectivity index (χ3n) is 4.35. The number of nitrogens with one attached hydrogen (secondary N) is 1. The van der Waals surface area contributed by atoms with Gasteiger partial charge in [-0.15, -0.1) is 0 Å². The first kappa shape index (κ1) is 17.3. The Morgan fingerprint density at radius 2 is 2.36 bits per heavy atom. The molecule has 0 radical (unpaired) electrons. The molecule has 0 aromatic carbocycles. The van der Waals surface area contributed by atoms with Crippen molar-refractivity contribution in [3.05, 3.63) is 41.9 Å². The number of urea groups is 1. The summed E-state index contributed by atoms with van der Waals surface area (Å²) in [5.74, 6) is 0.578. The number of amides is 2. The Hall–Kier alpha value is -2.57. The zero-order chi connectivity index (χ0) is 17.6. The lowest BCUT2D eigenvalue weighted by Gasteiger charge is -2.32. The lowest BCUT2D eigenvalue weighted by Crippen LogP contribution is -2.45. The summed E-state index contributed by atoms with van der Waals surface area (Å²) in [5, 5.41) is 7.37. The van der Waals surface area contributed by atoms with Crippen LogP contribution in [0, 0.1) is 6.92 Å².